The number of aryl methyl sites for hydroxylation is 1. The Morgan fingerprint density at radius 1 is 0.583 bits per heavy atom. The third-order valence-electron chi connectivity index (χ3n) is 14.3. The molecule has 366 valence electrons. The molecule has 0 amide bonds. The summed E-state index contributed by atoms with van der Waals surface area (Å²) in [7, 11) is 0. The summed E-state index contributed by atoms with van der Waals surface area (Å²) in [5, 5.41) is 2.38. The predicted octanol–water partition coefficient (Wildman–Crippen LogP) is 18.6. The lowest BCUT2D eigenvalue weighted by atomic mass is 9.78. The zero-order valence-electron chi connectivity index (χ0n) is 47.5. The van der Waals surface area contributed by atoms with Crippen molar-refractivity contribution >= 4 is 44.6 Å². The van der Waals surface area contributed by atoms with Crippen molar-refractivity contribution in [3.8, 4) is 39.6 Å². The topological polar surface area (TPSA) is 33.5 Å². The van der Waals surface area contributed by atoms with Crippen LogP contribution in [0.5, 0.6) is 11.5 Å². The molecule has 1 aliphatic rings. The summed E-state index contributed by atoms with van der Waals surface area (Å²) in [6.07, 6.45) is 5.07. The molecule has 2 aromatic heterocycles. The Balaban J connectivity index is 1.10. The van der Waals surface area contributed by atoms with E-state index in [1.165, 1.54) is 22.1 Å². The Hall–Kier alpha value is -7.11. The Morgan fingerprint density at radius 3 is 1.89 bits per heavy atom. The van der Waals surface area contributed by atoms with E-state index in [2.05, 4.69) is 195 Å². The van der Waals surface area contributed by atoms with E-state index in [4.69, 9.17) is 9.72 Å². The molecule has 0 saturated heterocycles. The van der Waals surface area contributed by atoms with Crippen LogP contribution in [-0.4, -0.2) is 16.2 Å². The maximum Gasteiger partial charge on any atom is 0.137 e. The van der Waals surface area contributed by atoms with Crippen molar-refractivity contribution in [1.82, 2.24) is 9.55 Å². The standard InChI is InChI=1S/C67H72N4O/c1-13-21-46-37-58-57-31-30-54(42-62(57)71(61(58)38-47(46)34-44(2)3)63-40-49(32-33-68-63)65(4,5)6)72-53-25-19-24-52(41-53)69-43-70(60-29-18-17-28-59(60)69)64-55(45-22-15-14-16-23-45)26-20-27-56(64)48-35-50(66(7,8)9)39-51(36-48)67(10,11)12/h14-20,22-33,35-42,44H,13,21,34,43H2,1-12H3/i20D,26D,27D. The first-order valence-electron chi connectivity index (χ1n) is 27.4. The van der Waals surface area contributed by atoms with Crippen LogP contribution in [0.25, 0.3) is 49.9 Å². The van der Waals surface area contributed by atoms with Crippen LogP contribution >= 0.6 is 0 Å². The van der Waals surface area contributed by atoms with Crippen molar-refractivity contribution in [2.75, 3.05) is 16.5 Å². The van der Waals surface area contributed by atoms with Gasteiger partial charge in [0, 0.05) is 45.9 Å². The predicted molar refractivity (Wildman–Crippen MR) is 307 cm³/mol. The van der Waals surface area contributed by atoms with E-state index in [9.17, 15) is 4.11 Å². The van der Waals surface area contributed by atoms with Crippen LogP contribution in [0.1, 0.15) is 121 Å². The average molecular weight is 952 g/mol. The first-order valence-corrected chi connectivity index (χ1v) is 25.9. The maximum atomic E-state index is 9.79. The van der Waals surface area contributed by atoms with Gasteiger partial charge < -0.3 is 14.5 Å². The molecule has 5 heteroatoms. The van der Waals surface area contributed by atoms with E-state index in [0.29, 0.717) is 29.5 Å². The smallest absolute Gasteiger partial charge is 0.137 e. The quantitative estimate of drug-likeness (QED) is 0.129. The van der Waals surface area contributed by atoms with Crippen molar-refractivity contribution in [2.45, 2.75) is 119 Å². The molecular formula is C67H72N4O. The Bertz CT molecular complexity index is 3600. The summed E-state index contributed by atoms with van der Waals surface area (Å²) in [6.45, 7) is 27.3. The van der Waals surface area contributed by atoms with Gasteiger partial charge in [-0.15, -0.1) is 0 Å². The number of pyridine rings is 1. The summed E-state index contributed by atoms with van der Waals surface area (Å²) in [6, 6.07) is 49.0. The third-order valence-corrected chi connectivity index (χ3v) is 14.3. The molecule has 0 atom stereocenters. The number of para-hydroxylation sites is 3. The molecule has 0 saturated carbocycles. The highest BCUT2D eigenvalue weighted by atomic mass is 16.5. The second-order valence-electron chi connectivity index (χ2n) is 23.4. The molecule has 0 unspecified atom stereocenters. The molecule has 10 rings (SSSR count). The maximum absolute atomic E-state index is 9.79. The lowest BCUT2D eigenvalue weighted by Gasteiger charge is -2.29. The normalized spacial score (nSPS) is 13.8. The summed E-state index contributed by atoms with van der Waals surface area (Å²) in [4.78, 5) is 9.57. The Morgan fingerprint density at radius 2 is 1.22 bits per heavy atom. The lowest BCUT2D eigenvalue weighted by Crippen LogP contribution is -2.25. The fraction of sp³-hybridized carbons (Fsp3) is 0.299. The highest BCUT2D eigenvalue weighted by molar-refractivity contribution is 6.10. The minimum atomic E-state index is -0.182. The molecule has 5 nitrogen and oxygen atoms in total. The van der Waals surface area contributed by atoms with Crippen molar-refractivity contribution in [2.24, 2.45) is 5.92 Å². The number of hydrogen-bond donors (Lipinski definition) is 0. The van der Waals surface area contributed by atoms with Crippen molar-refractivity contribution in [1.29, 1.82) is 0 Å². The van der Waals surface area contributed by atoms with Crippen LogP contribution in [0.4, 0.5) is 22.7 Å². The van der Waals surface area contributed by atoms with E-state index < -0.39 is 0 Å². The molecule has 0 radical (unpaired) electrons. The number of fused-ring (bicyclic) bond motifs is 4. The van der Waals surface area contributed by atoms with Crippen molar-refractivity contribution < 1.29 is 8.85 Å². The van der Waals surface area contributed by atoms with Gasteiger partial charge in [-0.25, -0.2) is 4.98 Å². The van der Waals surface area contributed by atoms with E-state index in [0.717, 1.165) is 92.3 Å². The molecule has 0 N–H and O–H groups in total. The Kier molecular flexibility index (Phi) is 11.7. The number of hydrogen-bond acceptors (Lipinski definition) is 4. The second-order valence-corrected chi connectivity index (χ2v) is 23.4. The largest absolute Gasteiger partial charge is 0.457 e. The molecule has 0 fully saturated rings. The van der Waals surface area contributed by atoms with Gasteiger partial charge in [0.1, 0.15) is 24.0 Å². The van der Waals surface area contributed by atoms with Crippen LogP contribution in [0.3, 0.4) is 0 Å². The van der Waals surface area contributed by atoms with Crippen LogP contribution in [0, 0.1) is 5.92 Å². The summed E-state index contributed by atoms with van der Waals surface area (Å²) in [5.41, 5.74) is 14.7. The number of benzene rings is 7. The zero-order valence-corrected chi connectivity index (χ0v) is 44.5. The van der Waals surface area contributed by atoms with E-state index in [1.54, 1.807) is 0 Å². The number of anilines is 4. The van der Waals surface area contributed by atoms with Gasteiger partial charge in [0.15, 0.2) is 0 Å². The molecular weight excluding hydrogens is 877 g/mol. The molecule has 0 bridgehead atoms. The number of aromatic nitrogens is 2. The minimum absolute atomic E-state index is 0.0328. The van der Waals surface area contributed by atoms with Gasteiger partial charge in [-0.1, -0.05) is 174 Å². The molecule has 72 heavy (non-hydrogen) atoms. The monoisotopic (exact) mass is 952 g/mol. The summed E-state index contributed by atoms with van der Waals surface area (Å²) >= 11 is 0. The fourth-order valence-electron chi connectivity index (χ4n) is 10.4. The molecule has 3 heterocycles. The van der Waals surface area contributed by atoms with E-state index in [1.807, 2.05) is 48.7 Å². The molecule has 0 spiro atoms. The summed E-state index contributed by atoms with van der Waals surface area (Å²) in [5.74, 6) is 2.83. The average Bonchev–Trinajstić information content (AvgIpc) is 3.93. The van der Waals surface area contributed by atoms with Crippen molar-refractivity contribution in [3.63, 3.8) is 0 Å². The minimum Gasteiger partial charge on any atom is -0.457 e. The van der Waals surface area contributed by atoms with Gasteiger partial charge in [-0.05, 0) is 135 Å². The fourth-order valence-corrected chi connectivity index (χ4v) is 10.4. The van der Waals surface area contributed by atoms with Gasteiger partial charge >= 0.3 is 0 Å². The molecule has 1 aliphatic heterocycles. The van der Waals surface area contributed by atoms with Crippen LogP contribution in [0.15, 0.2) is 164 Å². The van der Waals surface area contributed by atoms with Crippen LogP contribution < -0.4 is 14.5 Å². The molecule has 7 aromatic carbocycles. The SMILES string of the molecule is [2H]c1c([2H])c(-c2ccccc2)c(N2CN(c3cccc(Oc4ccc5c6cc(CCC)c(CC(C)C)cc6n(-c6cc(C(C)(C)C)ccn6)c5c4)c3)c3ccccc32)c(-c2cc(C(C)(C)C)cc(C(C)(C)C)c2)c1[2H]. The number of ether oxygens (including phenoxy) is 1. The van der Waals surface area contributed by atoms with Gasteiger partial charge in [0.25, 0.3) is 0 Å². The lowest BCUT2D eigenvalue weighted by molar-refractivity contribution is 0.483. The zero-order chi connectivity index (χ0) is 53.3. The molecule has 9 aromatic rings. The highest BCUT2D eigenvalue weighted by Crippen LogP contribution is 2.51. The van der Waals surface area contributed by atoms with Crippen LogP contribution in [0.2, 0.25) is 0 Å². The van der Waals surface area contributed by atoms with Gasteiger partial charge in [-0.2, -0.15) is 0 Å². The highest BCUT2D eigenvalue weighted by Gasteiger charge is 2.32. The third kappa shape index (κ3) is 9.42. The second kappa shape index (κ2) is 18.8. The number of rotatable bonds is 11. The molecule has 0 aliphatic carbocycles. The van der Waals surface area contributed by atoms with E-state index >= 15 is 0 Å². The van der Waals surface area contributed by atoms with Crippen LogP contribution in [-0.2, 0) is 29.1 Å². The van der Waals surface area contributed by atoms with E-state index in [-0.39, 0.29) is 34.4 Å². The first kappa shape index (κ1) is 44.8. The van der Waals surface area contributed by atoms with Gasteiger partial charge in [0.2, 0.25) is 0 Å². The Labute approximate surface area is 433 Å². The van der Waals surface area contributed by atoms with Gasteiger partial charge in [-0.3, -0.25) is 4.57 Å². The summed E-state index contributed by atoms with van der Waals surface area (Å²) < 4.78 is 38.0. The number of nitrogens with zero attached hydrogens (tertiary/aromatic N) is 4. The van der Waals surface area contributed by atoms with Crippen molar-refractivity contribution in [3.05, 3.63) is 192 Å². The first-order chi connectivity index (χ1) is 35.6. The van der Waals surface area contributed by atoms with Gasteiger partial charge in [0.05, 0.1) is 32.2 Å².